The largest absolute Gasteiger partial charge is 0.478 e. The lowest BCUT2D eigenvalue weighted by molar-refractivity contribution is 0.0698. The summed E-state index contributed by atoms with van der Waals surface area (Å²) >= 11 is 3.21. The van der Waals surface area contributed by atoms with Gasteiger partial charge in [-0.15, -0.1) is 0 Å². The van der Waals surface area contributed by atoms with Crippen LogP contribution in [-0.2, 0) is 0 Å². The van der Waals surface area contributed by atoms with Crippen LogP contribution in [0.4, 0.5) is 10.5 Å². The predicted molar refractivity (Wildman–Crippen MR) is 82.2 cm³/mol. The smallest absolute Gasteiger partial charge is 0.337 e. The summed E-state index contributed by atoms with van der Waals surface area (Å²) in [7, 11) is 0. The number of halogens is 1. The summed E-state index contributed by atoms with van der Waals surface area (Å²) in [6.45, 7) is 4.06. The molecule has 0 aliphatic heterocycles. The van der Waals surface area contributed by atoms with Crippen molar-refractivity contribution in [2.75, 3.05) is 5.32 Å². The maximum absolute atomic E-state index is 11.9. The topological polar surface area (TPSA) is 78.4 Å². The van der Waals surface area contributed by atoms with Crippen LogP contribution in [0.2, 0.25) is 0 Å². The minimum absolute atomic E-state index is 0.0538. The number of nitrogens with one attached hydrogen (secondary N) is 2. The molecule has 2 amide bonds. The summed E-state index contributed by atoms with van der Waals surface area (Å²) in [6.07, 6.45) is 2.72. The van der Waals surface area contributed by atoms with Gasteiger partial charge < -0.3 is 15.7 Å². The van der Waals surface area contributed by atoms with Gasteiger partial charge in [0.25, 0.3) is 0 Å². The molecule has 0 aliphatic rings. The van der Waals surface area contributed by atoms with E-state index < -0.39 is 5.97 Å². The zero-order valence-corrected chi connectivity index (χ0v) is 13.2. The normalized spacial score (nSPS) is 11.8. The first kappa shape index (κ1) is 16.5. The van der Waals surface area contributed by atoms with Gasteiger partial charge in [-0.25, -0.2) is 9.59 Å². The highest BCUT2D eigenvalue weighted by Gasteiger charge is 2.14. The van der Waals surface area contributed by atoms with Crippen molar-refractivity contribution in [1.29, 1.82) is 0 Å². The molecule has 0 saturated heterocycles. The van der Waals surface area contributed by atoms with Crippen molar-refractivity contribution in [1.82, 2.24) is 5.32 Å². The molecule has 110 valence electrons. The number of anilines is 1. The summed E-state index contributed by atoms with van der Waals surface area (Å²) in [4.78, 5) is 23.0. The van der Waals surface area contributed by atoms with Gasteiger partial charge in [-0.2, -0.15) is 0 Å². The number of benzene rings is 1. The van der Waals surface area contributed by atoms with Crippen LogP contribution in [0.15, 0.2) is 22.7 Å². The first-order valence-electron chi connectivity index (χ1n) is 6.58. The van der Waals surface area contributed by atoms with E-state index in [1.807, 2.05) is 6.92 Å². The third kappa shape index (κ3) is 4.85. The van der Waals surface area contributed by atoms with Crippen molar-refractivity contribution in [3.63, 3.8) is 0 Å². The molecular weight excluding hydrogens is 324 g/mol. The minimum atomic E-state index is -1.08. The summed E-state index contributed by atoms with van der Waals surface area (Å²) in [6, 6.07) is 4.43. The van der Waals surface area contributed by atoms with Gasteiger partial charge in [-0.1, -0.05) is 36.2 Å². The van der Waals surface area contributed by atoms with Gasteiger partial charge in [0.2, 0.25) is 0 Å². The highest BCUT2D eigenvalue weighted by Crippen LogP contribution is 2.21. The Kier molecular flexibility index (Phi) is 6.51. The van der Waals surface area contributed by atoms with E-state index in [9.17, 15) is 9.59 Å². The van der Waals surface area contributed by atoms with Crippen molar-refractivity contribution in [2.45, 2.75) is 39.2 Å². The number of urea groups is 1. The average molecular weight is 343 g/mol. The predicted octanol–water partition coefficient (Wildman–Crippen LogP) is 3.85. The number of carboxylic acid groups (broad SMARTS) is 1. The number of amides is 2. The molecule has 0 radical (unpaired) electrons. The Balaban J connectivity index is 2.77. The Morgan fingerprint density at radius 2 is 2.05 bits per heavy atom. The number of hydrogen-bond acceptors (Lipinski definition) is 2. The lowest BCUT2D eigenvalue weighted by Gasteiger charge is -2.17. The third-order valence-corrected chi connectivity index (χ3v) is 3.42. The highest BCUT2D eigenvalue weighted by atomic mass is 79.9. The van der Waals surface area contributed by atoms with Gasteiger partial charge in [-0.3, -0.25) is 0 Å². The van der Waals surface area contributed by atoms with Gasteiger partial charge in [0.05, 0.1) is 11.3 Å². The maximum atomic E-state index is 11.9. The molecule has 1 rings (SSSR count). The molecular formula is C14H19BrN2O3. The van der Waals surface area contributed by atoms with E-state index in [4.69, 9.17) is 5.11 Å². The van der Waals surface area contributed by atoms with Crippen LogP contribution in [0.1, 0.15) is 43.5 Å². The number of aromatic carboxylic acids is 1. The lowest BCUT2D eigenvalue weighted by Crippen LogP contribution is -2.37. The van der Waals surface area contributed by atoms with Gasteiger partial charge in [0.15, 0.2) is 0 Å². The van der Waals surface area contributed by atoms with Crippen molar-refractivity contribution in [3.8, 4) is 0 Å². The molecule has 5 nitrogen and oxygen atoms in total. The summed E-state index contributed by atoms with van der Waals surface area (Å²) < 4.78 is 0.651. The number of rotatable bonds is 6. The van der Waals surface area contributed by atoms with Gasteiger partial charge >= 0.3 is 12.0 Å². The number of carboxylic acids is 1. The molecule has 1 aromatic carbocycles. The van der Waals surface area contributed by atoms with Crippen LogP contribution in [-0.4, -0.2) is 23.1 Å². The van der Waals surface area contributed by atoms with E-state index in [0.29, 0.717) is 4.47 Å². The molecule has 0 aromatic heterocycles. The molecule has 3 N–H and O–H groups in total. The van der Waals surface area contributed by atoms with Crippen LogP contribution in [0.5, 0.6) is 0 Å². The molecule has 6 heteroatoms. The summed E-state index contributed by atoms with van der Waals surface area (Å²) in [5, 5.41) is 14.6. The minimum Gasteiger partial charge on any atom is -0.478 e. The molecule has 0 bridgehead atoms. The van der Waals surface area contributed by atoms with Gasteiger partial charge in [-0.05, 0) is 31.0 Å². The van der Waals surface area contributed by atoms with E-state index in [1.165, 1.54) is 6.07 Å². The molecule has 0 fully saturated rings. The Hall–Kier alpha value is -1.56. The van der Waals surface area contributed by atoms with Crippen molar-refractivity contribution in [3.05, 3.63) is 28.2 Å². The molecule has 1 aromatic rings. The Morgan fingerprint density at radius 1 is 1.35 bits per heavy atom. The quantitative estimate of drug-likeness (QED) is 0.734. The molecule has 1 atom stereocenters. The van der Waals surface area contributed by atoms with Crippen molar-refractivity contribution < 1.29 is 14.7 Å². The van der Waals surface area contributed by atoms with E-state index in [-0.39, 0.29) is 23.3 Å². The molecule has 0 heterocycles. The zero-order chi connectivity index (χ0) is 15.1. The summed E-state index contributed by atoms with van der Waals surface area (Å²) in [5.74, 6) is -1.08. The lowest BCUT2D eigenvalue weighted by atomic mass is 10.1. The first-order valence-corrected chi connectivity index (χ1v) is 7.37. The molecule has 0 saturated carbocycles. The van der Waals surface area contributed by atoms with Crippen LogP contribution in [0, 0.1) is 0 Å². The molecule has 0 spiro atoms. The maximum Gasteiger partial charge on any atom is 0.337 e. The number of carbonyl (C=O) groups is 2. The first-order chi connectivity index (χ1) is 9.47. The Morgan fingerprint density at radius 3 is 2.60 bits per heavy atom. The van der Waals surface area contributed by atoms with E-state index in [0.717, 1.165) is 19.3 Å². The molecule has 20 heavy (non-hydrogen) atoms. The number of carbonyl (C=O) groups excluding carboxylic acids is 1. The Bertz CT molecular complexity index is 491. The van der Waals surface area contributed by atoms with Crippen LogP contribution < -0.4 is 10.6 Å². The Labute approximate surface area is 126 Å². The average Bonchev–Trinajstić information content (AvgIpc) is 2.40. The third-order valence-electron chi connectivity index (χ3n) is 2.93. The van der Waals surface area contributed by atoms with Crippen molar-refractivity contribution >= 4 is 33.6 Å². The fourth-order valence-corrected chi connectivity index (χ4v) is 2.23. The van der Waals surface area contributed by atoms with Gasteiger partial charge in [0, 0.05) is 10.5 Å². The van der Waals surface area contributed by atoms with E-state index in [1.54, 1.807) is 12.1 Å². The van der Waals surface area contributed by atoms with E-state index in [2.05, 4.69) is 33.5 Å². The van der Waals surface area contributed by atoms with Crippen LogP contribution >= 0.6 is 15.9 Å². The summed E-state index contributed by atoms with van der Waals surface area (Å²) in [5.41, 5.74) is 0.336. The highest BCUT2D eigenvalue weighted by molar-refractivity contribution is 9.10. The van der Waals surface area contributed by atoms with Crippen LogP contribution in [0.3, 0.4) is 0 Å². The number of hydrogen-bond donors (Lipinski definition) is 3. The van der Waals surface area contributed by atoms with Gasteiger partial charge in [0.1, 0.15) is 0 Å². The van der Waals surface area contributed by atoms with Crippen molar-refractivity contribution in [2.24, 2.45) is 0 Å². The fraction of sp³-hybridized carbons (Fsp3) is 0.429. The fourth-order valence-electron chi connectivity index (χ4n) is 1.87. The second kappa shape index (κ2) is 7.89. The van der Waals surface area contributed by atoms with E-state index >= 15 is 0 Å². The van der Waals surface area contributed by atoms with Crippen LogP contribution in [0.25, 0.3) is 0 Å². The SMILES string of the molecule is CCCC(CC)NC(=O)Nc1ccc(Br)cc1C(=O)O. The second-order valence-electron chi connectivity index (χ2n) is 4.49. The monoisotopic (exact) mass is 342 g/mol. The molecule has 1 unspecified atom stereocenters. The zero-order valence-electron chi connectivity index (χ0n) is 11.6. The molecule has 0 aliphatic carbocycles. The second-order valence-corrected chi connectivity index (χ2v) is 5.40. The standard InChI is InChI=1S/C14H19BrN2O3/c1-3-5-10(4-2)16-14(20)17-12-7-6-9(15)8-11(12)13(18)19/h6-8,10H,3-5H2,1-2H3,(H,18,19)(H2,16,17,20).